The van der Waals surface area contributed by atoms with Crippen LogP contribution in [0.2, 0.25) is 0 Å². The van der Waals surface area contributed by atoms with Gasteiger partial charge in [0.1, 0.15) is 0 Å². The van der Waals surface area contributed by atoms with Crippen LogP contribution in [0.4, 0.5) is 0 Å². The molecule has 2 saturated heterocycles. The lowest BCUT2D eigenvalue weighted by Gasteiger charge is -2.21. The zero-order valence-electron chi connectivity index (χ0n) is 10.2. The van der Waals surface area contributed by atoms with Crippen molar-refractivity contribution in [1.29, 1.82) is 0 Å². The molecule has 16 heavy (non-hydrogen) atoms. The minimum Gasteiger partial charge on any atom is -0.378 e. The quantitative estimate of drug-likeness (QED) is 0.725. The summed E-state index contributed by atoms with van der Waals surface area (Å²) in [5.74, 6) is 3.70. The molecule has 94 valence electrons. The summed E-state index contributed by atoms with van der Waals surface area (Å²) in [6.45, 7) is 3.42. The van der Waals surface area contributed by atoms with Crippen molar-refractivity contribution < 1.29 is 4.74 Å². The van der Waals surface area contributed by atoms with Gasteiger partial charge in [-0.3, -0.25) is 0 Å². The number of thioether (sulfide) groups is 1. The Labute approximate surface area is 104 Å². The molecule has 3 heteroatoms. The van der Waals surface area contributed by atoms with Crippen LogP contribution in [0.15, 0.2) is 0 Å². The zero-order valence-corrected chi connectivity index (χ0v) is 11.1. The lowest BCUT2D eigenvalue weighted by Crippen LogP contribution is -2.26. The monoisotopic (exact) mass is 243 g/mol. The molecule has 2 heterocycles. The van der Waals surface area contributed by atoms with E-state index in [1.807, 2.05) is 0 Å². The van der Waals surface area contributed by atoms with Crippen molar-refractivity contribution >= 4 is 11.8 Å². The molecule has 0 aromatic carbocycles. The molecule has 1 atom stereocenters. The van der Waals surface area contributed by atoms with Gasteiger partial charge in [0.05, 0.1) is 6.10 Å². The van der Waals surface area contributed by atoms with Gasteiger partial charge in [0.15, 0.2) is 0 Å². The van der Waals surface area contributed by atoms with Gasteiger partial charge < -0.3 is 10.1 Å². The fourth-order valence-corrected chi connectivity index (χ4v) is 3.79. The molecule has 1 N–H and O–H groups in total. The third-order valence-corrected chi connectivity index (χ3v) is 4.73. The molecule has 2 fully saturated rings. The van der Waals surface area contributed by atoms with Crippen LogP contribution in [0.1, 0.15) is 38.5 Å². The molecule has 0 saturated carbocycles. The van der Waals surface area contributed by atoms with Gasteiger partial charge in [0, 0.05) is 6.61 Å². The first kappa shape index (κ1) is 12.7. The fraction of sp³-hybridized carbons (Fsp3) is 1.00. The van der Waals surface area contributed by atoms with Crippen molar-refractivity contribution in [2.45, 2.75) is 44.6 Å². The van der Waals surface area contributed by atoms with E-state index in [1.165, 1.54) is 63.1 Å². The highest BCUT2D eigenvalue weighted by Crippen LogP contribution is 2.22. The van der Waals surface area contributed by atoms with E-state index in [0.717, 1.165) is 12.5 Å². The van der Waals surface area contributed by atoms with E-state index in [0.29, 0.717) is 6.10 Å². The summed E-state index contributed by atoms with van der Waals surface area (Å²) in [5, 5.41) is 3.61. The number of ether oxygens (including phenoxy) is 1. The SMILES string of the molecule is C(CNCC1CCSCC1)CC1CCCO1. The molecule has 0 radical (unpaired) electrons. The molecule has 2 rings (SSSR count). The number of nitrogens with one attached hydrogen (secondary N) is 1. The van der Waals surface area contributed by atoms with Crippen molar-refractivity contribution in [3.05, 3.63) is 0 Å². The van der Waals surface area contributed by atoms with Crippen molar-refractivity contribution in [2.75, 3.05) is 31.2 Å². The van der Waals surface area contributed by atoms with Gasteiger partial charge in [-0.1, -0.05) is 0 Å². The van der Waals surface area contributed by atoms with Crippen molar-refractivity contribution in [1.82, 2.24) is 5.32 Å². The summed E-state index contributed by atoms with van der Waals surface area (Å²) >= 11 is 2.11. The highest BCUT2D eigenvalue weighted by atomic mass is 32.2. The van der Waals surface area contributed by atoms with Crippen LogP contribution >= 0.6 is 11.8 Å². The molecule has 0 aliphatic carbocycles. The first-order chi connectivity index (χ1) is 7.95. The molecule has 0 aromatic rings. The van der Waals surface area contributed by atoms with Crippen molar-refractivity contribution in [2.24, 2.45) is 5.92 Å². The Kier molecular flexibility index (Phi) is 6.02. The van der Waals surface area contributed by atoms with E-state index >= 15 is 0 Å². The second-order valence-electron chi connectivity index (χ2n) is 5.04. The molecule has 0 spiro atoms. The summed E-state index contributed by atoms with van der Waals surface area (Å²) in [4.78, 5) is 0. The Bertz CT molecular complexity index is 177. The predicted octanol–water partition coefficient (Wildman–Crippen LogP) is 2.68. The van der Waals surface area contributed by atoms with Crippen molar-refractivity contribution in [3.8, 4) is 0 Å². The van der Waals surface area contributed by atoms with Crippen LogP contribution in [-0.2, 0) is 4.74 Å². The van der Waals surface area contributed by atoms with Crippen LogP contribution in [0, 0.1) is 5.92 Å². The molecule has 0 amide bonds. The van der Waals surface area contributed by atoms with Crippen molar-refractivity contribution in [3.63, 3.8) is 0 Å². The first-order valence-electron chi connectivity index (χ1n) is 6.85. The summed E-state index contributed by atoms with van der Waals surface area (Å²) in [6.07, 6.45) is 8.53. The smallest absolute Gasteiger partial charge is 0.0576 e. The molecule has 0 bridgehead atoms. The van der Waals surface area contributed by atoms with Gasteiger partial charge in [-0.2, -0.15) is 11.8 Å². The summed E-state index contributed by atoms with van der Waals surface area (Å²) in [6, 6.07) is 0. The van der Waals surface area contributed by atoms with E-state index in [4.69, 9.17) is 4.74 Å². The average Bonchev–Trinajstić information content (AvgIpc) is 2.83. The van der Waals surface area contributed by atoms with Gasteiger partial charge in [-0.15, -0.1) is 0 Å². The van der Waals surface area contributed by atoms with Gasteiger partial charge in [-0.05, 0) is 69.0 Å². The molecule has 1 unspecified atom stereocenters. The Balaban J connectivity index is 1.42. The third-order valence-electron chi connectivity index (χ3n) is 3.68. The average molecular weight is 243 g/mol. The van der Waals surface area contributed by atoms with Crippen LogP contribution in [0.3, 0.4) is 0 Å². The predicted molar refractivity (Wildman–Crippen MR) is 71.1 cm³/mol. The first-order valence-corrected chi connectivity index (χ1v) is 8.00. The molecule has 2 aliphatic rings. The van der Waals surface area contributed by atoms with E-state index < -0.39 is 0 Å². The minimum absolute atomic E-state index is 0.577. The minimum atomic E-state index is 0.577. The highest BCUT2D eigenvalue weighted by molar-refractivity contribution is 7.99. The van der Waals surface area contributed by atoms with Crippen LogP contribution < -0.4 is 5.32 Å². The summed E-state index contributed by atoms with van der Waals surface area (Å²) in [7, 11) is 0. The number of rotatable bonds is 6. The lowest BCUT2D eigenvalue weighted by molar-refractivity contribution is 0.102. The van der Waals surface area contributed by atoms with E-state index in [-0.39, 0.29) is 0 Å². The maximum atomic E-state index is 5.62. The topological polar surface area (TPSA) is 21.3 Å². The summed E-state index contributed by atoms with van der Waals surface area (Å²) in [5.41, 5.74) is 0. The molecular weight excluding hydrogens is 218 g/mol. The van der Waals surface area contributed by atoms with Crippen LogP contribution in [0.25, 0.3) is 0 Å². The van der Waals surface area contributed by atoms with Gasteiger partial charge >= 0.3 is 0 Å². The standard InChI is InChI=1S/C13H25NOS/c1(3-13-4-2-8-15-13)7-14-11-12-5-9-16-10-6-12/h12-14H,1-11H2. The lowest BCUT2D eigenvalue weighted by atomic mass is 10.0. The largest absolute Gasteiger partial charge is 0.378 e. The van der Waals surface area contributed by atoms with Gasteiger partial charge in [-0.25, -0.2) is 0 Å². The van der Waals surface area contributed by atoms with E-state index in [2.05, 4.69) is 17.1 Å². The molecule has 2 aliphatic heterocycles. The fourth-order valence-electron chi connectivity index (χ4n) is 2.58. The molecule has 2 nitrogen and oxygen atoms in total. The van der Waals surface area contributed by atoms with Gasteiger partial charge in [0.25, 0.3) is 0 Å². The number of hydrogen-bond donors (Lipinski definition) is 1. The third kappa shape index (κ3) is 4.64. The van der Waals surface area contributed by atoms with Gasteiger partial charge in [0.2, 0.25) is 0 Å². The van der Waals surface area contributed by atoms with E-state index in [9.17, 15) is 0 Å². The highest BCUT2D eigenvalue weighted by Gasteiger charge is 2.15. The molecular formula is C13H25NOS. The second-order valence-corrected chi connectivity index (χ2v) is 6.26. The maximum absolute atomic E-state index is 5.62. The Morgan fingerprint density at radius 2 is 2.06 bits per heavy atom. The van der Waals surface area contributed by atoms with Crippen LogP contribution in [-0.4, -0.2) is 37.3 Å². The zero-order chi connectivity index (χ0) is 11.1. The van der Waals surface area contributed by atoms with Crippen LogP contribution in [0.5, 0.6) is 0 Å². The molecule has 0 aromatic heterocycles. The Morgan fingerprint density at radius 1 is 1.19 bits per heavy atom. The normalized spacial score (nSPS) is 27.4. The Hall–Kier alpha value is 0.270. The maximum Gasteiger partial charge on any atom is 0.0576 e. The van der Waals surface area contributed by atoms with E-state index in [1.54, 1.807) is 0 Å². The summed E-state index contributed by atoms with van der Waals surface area (Å²) < 4.78 is 5.62. The number of hydrogen-bond acceptors (Lipinski definition) is 3. The second kappa shape index (κ2) is 7.57. The Morgan fingerprint density at radius 3 is 2.81 bits per heavy atom.